The molecule has 0 unspecified atom stereocenters. The molecule has 0 fully saturated rings. The topological polar surface area (TPSA) is 75.7 Å². The summed E-state index contributed by atoms with van der Waals surface area (Å²) in [6.45, 7) is 1.47. The van der Waals surface area contributed by atoms with Crippen molar-refractivity contribution in [2.75, 3.05) is 23.3 Å². The van der Waals surface area contributed by atoms with Crippen LogP contribution in [0.15, 0.2) is 118 Å². The fraction of sp³-hybridized carbons (Fsp3) is 0.107. The molecule has 0 heterocycles. The zero-order chi connectivity index (χ0) is 25.5. The largest absolute Gasteiger partial charge is 0.497 e. The van der Waals surface area contributed by atoms with E-state index in [2.05, 4.69) is 5.32 Å². The quantitative estimate of drug-likeness (QED) is 0.295. The van der Waals surface area contributed by atoms with Crippen molar-refractivity contribution in [2.45, 2.75) is 21.6 Å². The van der Waals surface area contributed by atoms with Crippen molar-refractivity contribution in [1.29, 1.82) is 0 Å². The van der Waals surface area contributed by atoms with Crippen LogP contribution in [0.2, 0.25) is 0 Å². The van der Waals surface area contributed by atoms with Crippen molar-refractivity contribution in [2.24, 2.45) is 0 Å². The number of hydrogen-bond acceptors (Lipinski definition) is 5. The van der Waals surface area contributed by atoms with E-state index in [0.717, 1.165) is 19.7 Å². The van der Waals surface area contributed by atoms with Gasteiger partial charge in [0, 0.05) is 15.9 Å². The third-order valence-corrected chi connectivity index (χ3v) is 8.24. The molecule has 0 aromatic heterocycles. The van der Waals surface area contributed by atoms with Gasteiger partial charge in [-0.3, -0.25) is 9.10 Å². The molecule has 0 bridgehead atoms. The Labute approximate surface area is 216 Å². The molecule has 0 saturated heterocycles. The number of ether oxygens (including phenoxy) is 1. The Hall–Kier alpha value is -3.75. The van der Waals surface area contributed by atoms with Crippen LogP contribution >= 0.6 is 11.8 Å². The summed E-state index contributed by atoms with van der Waals surface area (Å²) in [4.78, 5) is 15.2. The minimum absolute atomic E-state index is 0.101. The third kappa shape index (κ3) is 6.08. The summed E-state index contributed by atoms with van der Waals surface area (Å²) in [5.41, 5.74) is 1.87. The fourth-order valence-electron chi connectivity index (χ4n) is 3.51. The highest BCUT2D eigenvalue weighted by atomic mass is 32.2. The zero-order valence-corrected chi connectivity index (χ0v) is 21.6. The van der Waals surface area contributed by atoms with Gasteiger partial charge in [-0.05, 0) is 55.5 Å². The Morgan fingerprint density at radius 3 is 2.31 bits per heavy atom. The third-order valence-electron chi connectivity index (χ3n) is 5.37. The van der Waals surface area contributed by atoms with Crippen molar-refractivity contribution >= 4 is 39.1 Å². The number of nitrogens with one attached hydrogen (secondary N) is 1. The Kier molecular flexibility index (Phi) is 7.97. The van der Waals surface area contributed by atoms with Gasteiger partial charge in [-0.25, -0.2) is 8.42 Å². The van der Waals surface area contributed by atoms with Crippen LogP contribution in [0.4, 0.5) is 11.4 Å². The molecule has 0 saturated carbocycles. The van der Waals surface area contributed by atoms with E-state index in [-0.39, 0.29) is 4.90 Å². The second kappa shape index (κ2) is 11.3. The summed E-state index contributed by atoms with van der Waals surface area (Å²) in [6.07, 6.45) is 0. The number of benzene rings is 4. The van der Waals surface area contributed by atoms with E-state index >= 15 is 0 Å². The highest BCUT2D eigenvalue weighted by Crippen LogP contribution is 2.33. The maximum absolute atomic E-state index is 13.6. The predicted octanol–water partition coefficient (Wildman–Crippen LogP) is 5.99. The molecule has 1 amide bonds. The van der Waals surface area contributed by atoms with Gasteiger partial charge in [-0.1, -0.05) is 65.9 Å². The van der Waals surface area contributed by atoms with Gasteiger partial charge in [0.2, 0.25) is 5.91 Å². The number of hydrogen-bond donors (Lipinski definition) is 1. The average molecular weight is 519 g/mol. The Balaban J connectivity index is 1.63. The molecule has 0 atom stereocenters. The van der Waals surface area contributed by atoms with Gasteiger partial charge in [-0.2, -0.15) is 0 Å². The lowest BCUT2D eigenvalue weighted by atomic mass is 10.2. The highest BCUT2D eigenvalue weighted by molar-refractivity contribution is 7.99. The lowest BCUT2D eigenvalue weighted by molar-refractivity contribution is -0.114. The van der Waals surface area contributed by atoms with E-state index in [1.54, 1.807) is 54.6 Å². The van der Waals surface area contributed by atoms with Gasteiger partial charge >= 0.3 is 0 Å². The lowest BCUT2D eigenvalue weighted by Gasteiger charge is -2.25. The SMILES string of the molecule is COc1cccc(N(CC(=O)Nc2ccccc2Sc2ccccc2)S(=O)(=O)c2ccc(C)cc2)c1. The van der Waals surface area contributed by atoms with Crippen LogP contribution in [0.3, 0.4) is 0 Å². The number of aryl methyl sites for hydroxylation is 1. The van der Waals surface area contributed by atoms with Gasteiger partial charge in [0.25, 0.3) is 10.0 Å². The van der Waals surface area contributed by atoms with Crippen molar-refractivity contribution in [3.63, 3.8) is 0 Å². The number of methoxy groups -OCH3 is 1. The minimum Gasteiger partial charge on any atom is -0.497 e. The number of para-hydroxylation sites is 1. The molecule has 4 aromatic carbocycles. The van der Waals surface area contributed by atoms with Gasteiger partial charge in [0.15, 0.2) is 0 Å². The molecule has 0 aliphatic rings. The lowest BCUT2D eigenvalue weighted by Crippen LogP contribution is -2.38. The second-order valence-corrected chi connectivity index (χ2v) is 11.0. The summed E-state index contributed by atoms with van der Waals surface area (Å²) in [7, 11) is -2.52. The maximum Gasteiger partial charge on any atom is 0.264 e. The summed E-state index contributed by atoms with van der Waals surface area (Å²) in [5.74, 6) is 0.0243. The van der Waals surface area contributed by atoms with E-state index in [0.29, 0.717) is 17.1 Å². The summed E-state index contributed by atoms with van der Waals surface area (Å²) >= 11 is 1.52. The average Bonchev–Trinajstić information content (AvgIpc) is 2.89. The van der Waals surface area contributed by atoms with E-state index in [9.17, 15) is 13.2 Å². The van der Waals surface area contributed by atoms with Gasteiger partial charge < -0.3 is 10.1 Å². The first-order chi connectivity index (χ1) is 17.4. The first-order valence-corrected chi connectivity index (χ1v) is 13.5. The molecule has 0 aliphatic heterocycles. The van der Waals surface area contributed by atoms with E-state index in [1.807, 2.05) is 55.5 Å². The molecule has 6 nitrogen and oxygen atoms in total. The Bertz CT molecular complexity index is 1440. The number of anilines is 2. The molecule has 4 aromatic rings. The number of amides is 1. The van der Waals surface area contributed by atoms with Crippen molar-refractivity contribution in [3.05, 3.63) is 109 Å². The molecule has 8 heteroatoms. The van der Waals surface area contributed by atoms with Gasteiger partial charge in [-0.15, -0.1) is 0 Å². The minimum atomic E-state index is -4.03. The predicted molar refractivity (Wildman–Crippen MR) is 144 cm³/mol. The van der Waals surface area contributed by atoms with Crippen LogP contribution in [-0.2, 0) is 14.8 Å². The monoisotopic (exact) mass is 518 g/mol. The molecule has 4 rings (SSSR count). The molecule has 1 N–H and O–H groups in total. The summed E-state index contributed by atoms with van der Waals surface area (Å²) in [5, 5.41) is 2.90. The van der Waals surface area contributed by atoms with Crippen LogP contribution in [0, 0.1) is 6.92 Å². The van der Waals surface area contributed by atoms with Crippen molar-refractivity contribution in [1.82, 2.24) is 0 Å². The van der Waals surface area contributed by atoms with Crippen LogP contribution < -0.4 is 14.4 Å². The maximum atomic E-state index is 13.6. The molecule has 0 aliphatic carbocycles. The second-order valence-electron chi connectivity index (χ2n) is 7.99. The molecule has 0 spiro atoms. The molecule has 0 radical (unpaired) electrons. The number of carbonyl (C=O) groups excluding carboxylic acids is 1. The van der Waals surface area contributed by atoms with Crippen LogP contribution in [0.1, 0.15) is 5.56 Å². The standard InChI is InChI=1S/C28H26N2O4S2/c1-21-15-17-25(18-16-21)36(32,33)30(22-9-8-10-23(19-22)34-2)20-28(31)29-26-13-6-7-14-27(26)35-24-11-4-3-5-12-24/h3-19H,20H2,1-2H3,(H,29,31). The normalized spacial score (nSPS) is 11.1. The molecular formula is C28H26N2O4S2. The Morgan fingerprint density at radius 1 is 0.889 bits per heavy atom. The van der Waals surface area contributed by atoms with Crippen LogP contribution in [0.25, 0.3) is 0 Å². The van der Waals surface area contributed by atoms with E-state index < -0.39 is 22.5 Å². The molecule has 184 valence electrons. The van der Waals surface area contributed by atoms with Crippen LogP contribution in [0.5, 0.6) is 5.75 Å². The smallest absolute Gasteiger partial charge is 0.264 e. The summed E-state index contributed by atoms with van der Waals surface area (Å²) < 4.78 is 33.7. The van der Waals surface area contributed by atoms with Gasteiger partial charge in [0.1, 0.15) is 12.3 Å². The molecular weight excluding hydrogens is 492 g/mol. The first-order valence-electron chi connectivity index (χ1n) is 11.2. The van der Waals surface area contributed by atoms with Crippen LogP contribution in [-0.4, -0.2) is 28.0 Å². The number of rotatable bonds is 9. The summed E-state index contributed by atoms with van der Waals surface area (Å²) in [6, 6.07) is 30.4. The van der Waals surface area contributed by atoms with E-state index in [1.165, 1.54) is 18.9 Å². The van der Waals surface area contributed by atoms with Crippen molar-refractivity contribution < 1.29 is 17.9 Å². The zero-order valence-electron chi connectivity index (χ0n) is 19.9. The van der Waals surface area contributed by atoms with Crippen molar-refractivity contribution in [3.8, 4) is 5.75 Å². The molecule has 36 heavy (non-hydrogen) atoms. The first kappa shape index (κ1) is 25.3. The van der Waals surface area contributed by atoms with E-state index in [4.69, 9.17) is 4.74 Å². The number of sulfonamides is 1. The number of nitrogens with zero attached hydrogens (tertiary/aromatic N) is 1. The van der Waals surface area contributed by atoms with Gasteiger partial charge in [0.05, 0.1) is 23.4 Å². The Morgan fingerprint density at radius 2 is 1.58 bits per heavy atom. The fourth-order valence-corrected chi connectivity index (χ4v) is 5.85. The highest BCUT2D eigenvalue weighted by Gasteiger charge is 2.28. The number of carbonyl (C=O) groups is 1.